The predicted octanol–water partition coefficient (Wildman–Crippen LogP) is -0.387. The molecule has 1 unspecified atom stereocenters. The smallest absolute Gasteiger partial charge is 0.214 e. The van der Waals surface area contributed by atoms with Gasteiger partial charge >= 0.3 is 0 Å². The van der Waals surface area contributed by atoms with Crippen molar-refractivity contribution in [3.63, 3.8) is 0 Å². The van der Waals surface area contributed by atoms with Gasteiger partial charge in [0.25, 0.3) is 0 Å². The maximum Gasteiger partial charge on any atom is 0.214 e. The molecule has 1 aromatic rings. The number of aryl methyl sites for hydroxylation is 1. The Morgan fingerprint density at radius 1 is 1.47 bits per heavy atom. The minimum absolute atomic E-state index is 0.0561. The van der Waals surface area contributed by atoms with Gasteiger partial charge in [-0.15, -0.1) is 0 Å². The number of nitrogens with zero attached hydrogens (tertiary/aromatic N) is 2. The van der Waals surface area contributed by atoms with Crippen LogP contribution < -0.4 is 5.73 Å². The van der Waals surface area contributed by atoms with Crippen molar-refractivity contribution in [1.29, 1.82) is 0 Å². The first-order valence-electron chi connectivity index (χ1n) is 6.31. The van der Waals surface area contributed by atoms with Gasteiger partial charge in [-0.2, -0.15) is 4.31 Å². The predicted molar refractivity (Wildman–Crippen MR) is 72.1 cm³/mol. The first-order valence-corrected chi connectivity index (χ1v) is 7.91. The lowest BCUT2D eigenvalue weighted by molar-refractivity contribution is 0.0358. The molecule has 0 bridgehead atoms. The van der Waals surface area contributed by atoms with Crippen molar-refractivity contribution in [2.24, 2.45) is 5.73 Å². The van der Waals surface area contributed by atoms with Crippen LogP contribution in [0.15, 0.2) is 24.4 Å². The number of nitrogens with two attached hydrogens (primary N) is 1. The zero-order chi connectivity index (χ0) is 13.7. The Bertz CT molecular complexity index is 492. The summed E-state index contributed by atoms with van der Waals surface area (Å²) in [7, 11) is -3.31. The first-order chi connectivity index (χ1) is 9.13. The quantitative estimate of drug-likeness (QED) is 0.796. The van der Waals surface area contributed by atoms with Crippen LogP contribution in [0.25, 0.3) is 0 Å². The summed E-state index contributed by atoms with van der Waals surface area (Å²) >= 11 is 0. The molecule has 1 saturated heterocycles. The van der Waals surface area contributed by atoms with Crippen LogP contribution in [0, 0.1) is 0 Å². The lowest BCUT2D eigenvalue weighted by Gasteiger charge is -2.33. The minimum atomic E-state index is -3.31. The second kappa shape index (κ2) is 6.42. The molecule has 2 rings (SSSR count). The summed E-state index contributed by atoms with van der Waals surface area (Å²) in [6.07, 6.45) is 2.08. The molecule has 0 aliphatic carbocycles. The molecule has 1 aliphatic rings. The van der Waals surface area contributed by atoms with Gasteiger partial charge in [0.05, 0.1) is 25.0 Å². The lowest BCUT2D eigenvalue weighted by Crippen LogP contribution is -2.52. The lowest BCUT2D eigenvalue weighted by atomic mass is 10.3. The summed E-state index contributed by atoms with van der Waals surface area (Å²) in [6.45, 7) is 1.47. The highest BCUT2D eigenvalue weighted by Gasteiger charge is 2.31. The van der Waals surface area contributed by atoms with Crippen molar-refractivity contribution in [2.45, 2.75) is 12.5 Å². The van der Waals surface area contributed by atoms with Gasteiger partial charge < -0.3 is 10.5 Å². The molecule has 106 valence electrons. The molecular formula is C12H19N3O3S. The average molecular weight is 285 g/mol. The van der Waals surface area contributed by atoms with E-state index < -0.39 is 10.0 Å². The first kappa shape index (κ1) is 14.4. The zero-order valence-corrected chi connectivity index (χ0v) is 11.6. The van der Waals surface area contributed by atoms with E-state index in [2.05, 4.69) is 4.98 Å². The Morgan fingerprint density at radius 3 is 3.00 bits per heavy atom. The minimum Gasteiger partial charge on any atom is -0.378 e. The van der Waals surface area contributed by atoms with E-state index in [4.69, 9.17) is 10.5 Å². The highest BCUT2D eigenvalue weighted by Crippen LogP contribution is 2.13. The van der Waals surface area contributed by atoms with Crippen LogP contribution in [-0.4, -0.2) is 55.8 Å². The molecule has 0 saturated carbocycles. The van der Waals surface area contributed by atoms with E-state index >= 15 is 0 Å². The van der Waals surface area contributed by atoms with E-state index in [0.717, 1.165) is 5.69 Å². The van der Waals surface area contributed by atoms with Crippen molar-refractivity contribution in [3.05, 3.63) is 30.1 Å². The van der Waals surface area contributed by atoms with Crippen molar-refractivity contribution < 1.29 is 13.2 Å². The van der Waals surface area contributed by atoms with Gasteiger partial charge in [-0.25, -0.2) is 8.42 Å². The van der Waals surface area contributed by atoms with E-state index in [1.54, 1.807) is 6.20 Å². The van der Waals surface area contributed by atoms with E-state index in [1.807, 2.05) is 18.2 Å². The molecule has 0 radical (unpaired) electrons. The van der Waals surface area contributed by atoms with Gasteiger partial charge in [0, 0.05) is 31.4 Å². The van der Waals surface area contributed by atoms with Gasteiger partial charge in [0.2, 0.25) is 10.0 Å². The molecule has 2 N–H and O–H groups in total. The summed E-state index contributed by atoms with van der Waals surface area (Å²) < 4.78 is 31.4. The molecule has 1 aliphatic heterocycles. The SMILES string of the molecule is NCC1COCCN1S(=O)(=O)CCc1ccccn1. The van der Waals surface area contributed by atoms with Crippen molar-refractivity contribution in [3.8, 4) is 0 Å². The molecule has 1 atom stereocenters. The Kier molecular flexibility index (Phi) is 4.87. The summed E-state index contributed by atoms with van der Waals surface area (Å²) in [6, 6.07) is 5.24. The van der Waals surface area contributed by atoms with Gasteiger partial charge in [-0.3, -0.25) is 4.98 Å². The summed E-state index contributed by atoms with van der Waals surface area (Å²) in [5.74, 6) is 0.0561. The van der Waals surface area contributed by atoms with Crippen LogP contribution in [0.3, 0.4) is 0 Å². The van der Waals surface area contributed by atoms with Gasteiger partial charge in [-0.1, -0.05) is 6.07 Å². The summed E-state index contributed by atoms with van der Waals surface area (Å²) in [5.41, 5.74) is 6.38. The number of pyridine rings is 1. The number of sulfonamides is 1. The van der Waals surface area contributed by atoms with Crippen LogP contribution in [-0.2, 0) is 21.2 Å². The fourth-order valence-electron chi connectivity index (χ4n) is 2.09. The molecule has 2 heterocycles. The van der Waals surface area contributed by atoms with E-state index in [0.29, 0.717) is 26.2 Å². The fraction of sp³-hybridized carbons (Fsp3) is 0.583. The second-order valence-electron chi connectivity index (χ2n) is 4.46. The third-order valence-electron chi connectivity index (χ3n) is 3.15. The topological polar surface area (TPSA) is 85.5 Å². The van der Waals surface area contributed by atoms with Crippen LogP contribution in [0.4, 0.5) is 0 Å². The number of hydrogen-bond donors (Lipinski definition) is 1. The normalized spacial score (nSPS) is 21.4. The third-order valence-corrected chi connectivity index (χ3v) is 5.06. The highest BCUT2D eigenvalue weighted by atomic mass is 32.2. The second-order valence-corrected chi connectivity index (χ2v) is 6.50. The largest absolute Gasteiger partial charge is 0.378 e. The Labute approximate surface area is 113 Å². The van der Waals surface area contributed by atoms with Crippen molar-refractivity contribution >= 4 is 10.0 Å². The van der Waals surface area contributed by atoms with Crippen LogP contribution in [0.1, 0.15) is 5.69 Å². The van der Waals surface area contributed by atoms with Crippen LogP contribution in [0.5, 0.6) is 0 Å². The molecule has 1 fully saturated rings. The van der Waals surface area contributed by atoms with Crippen molar-refractivity contribution in [2.75, 3.05) is 32.1 Å². The van der Waals surface area contributed by atoms with Crippen molar-refractivity contribution in [1.82, 2.24) is 9.29 Å². The number of rotatable bonds is 5. The molecule has 19 heavy (non-hydrogen) atoms. The van der Waals surface area contributed by atoms with Crippen LogP contribution in [0.2, 0.25) is 0 Å². The van der Waals surface area contributed by atoms with Gasteiger partial charge in [0.15, 0.2) is 0 Å². The highest BCUT2D eigenvalue weighted by molar-refractivity contribution is 7.89. The van der Waals surface area contributed by atoms with Crippen LogP contribution >= 0.6 is 0 Å². The Morgan fingerprint density at radius 2 is 2.32 bits per heavy atom. The number of hydrogen-bond acceptors (Lipinski definition) is 5. The monoisotopic (exact) mass is 285 g/mol. The Balaban J connectivity index is 2.01. The molecular weight excluding hydrogens is 266 g/mol. The number of aromatic nitrogens is 1. The molecule has 0 amide bonds. The summed E-state index contributed by atoms with van der Waals surface area (Å²) in [5, 5.41) is 0. The maximum atomic E-state index is 12.3. The standard InChI is InChI=1S/C12H19N3O3S/c13-9-12-10-18-7-6-15(12)19(16,17)8-4-11-3-1-2-5-14-11/h1-3,5,12H,4,6-10,13H2. The average Bonchev–Trinajstić information content (AvgIpc) is 2.46. The molecule has 0 spiro atoms. The summed E-state index contributed by atoms with van der Waals surface area (Å²) in [4.78, 5) is 4.13. The zero-order valence-electron chi connectivity index (χ0n) is 10.7. The van der Waals surface area contributed by atoms with Gasteiger partial charge in [0.1, 0.15) is 0 Å². The number of morpholine rings is 1. The maximum absolute atomic E-state index is 12.3. The third kappa shape index (κ3) is 3.73. The van der Waals surface area contributed by atoms with Gasteiger partial charge in [-0.05, 0) is 12.1 Å². The fourth-order valence-corrected chi connectivity index (χ4v) is 3.74. The van der Waals surface area contributed by atoms with E-state index in [-0.39, 0.29) is 18.3 Å². The van der Waals surface area contributed by atoms with E-state index in [9.17, 15) is 8.42 Å². The number of ether oxygens (including phenoxy) is 1. The molecule has 0 aromatic carbocycles. The molecule has 6 nitrogen and oxygen atoms in total. The molecule has 1 aromatic heterocycles. The Hall–Kier alpha value is -1.02. The van der Waals surface area contributed by atoms with E-state index in [1.165, 1.54) is 4.31 Å². The molecule has 7 heteroatoms.